The van der Waals surface area contributed by atoms with E-state index >= 15 is 0 Å². The number of hydrogen-bond donors (Lipinski definition) is 2. The zero-order valence-corrected chi connectivity index (χ0v) is 19.1. The first-order valence-corrected chi connectivity index (χ1v) is 10.8. The van der Waals surface area contributed by atoms with Crippen LogP contribution in [0.4, 0.5) is 11.4 Å². The Kier molecular flexibility index (Phi) is 6.56. The van der Waals surface area contributed by atoms with E-state index in [0.29, 0.717) is 28.5 Å². The van der Waals surface area contributed by atoms with E-state index in [1.54, 1.807) is 36.8 Å². The minimum absolute atomic E-state index is 0.200. The van der Waals surface area contributed by atoms with Crippen molar-refractivity contribution in [2.75, 3.05) is 10.6 Å². The highest BCUT2D eigenvalue weighted by atomic mass is 35.5. The molecule has 0 aliphatic rings. The Hall–Kier alpha value is -3.90. The number of aryl methyl sites for hydroxylation is 2. The maximum absolute atomic E-state index is 12.6. The van der Waals surface area contributed by atoms with Crippen molar-refractivity contribution in [3.05, 3.63) is 112 Å². The fourth-order valence-corrected chi connectivity index (χ4v) is 3.54. The number of nitrogens with zero attached hydrogens (tertiary/aromatic N) is 2. The Labute approximate surface area is 197 Å². The van der Waals surface area contributed by atoms with Gasteiger partial charge in [0.25, 0.3) is 11.8 Å². The highest BCUT2D eigenvalue weighted by Crippen LogP contribution is 2.18. The molecule has 3 aromatic carbocycles. The van der Waals surface area contributed by atoms with E-state index in [0.717, 1.165) is 22.4 Å². The van der Waals surface area contributed by atoms with Crippen LogP contribution in [-0.2, 0) is 6.54 Å². The molecule has 0 saturated carbocycles. The zero-order valence-electron chi connectivity index (χ0n) is 18.3. The number of nitrogens with one attached hydrogen (secondary N) is 2. The summed E-state index contributed by atoms with van der Waals surface area (Å²) in [6.45, 7) is 4.53. The second kappa shape index (κ2) is 9.71. The average Bonchev–Trinajstić information content (AvgIpc) is 3.26. The summed E-state index contributed by atoms with van der Waals surface area (Å²) in [4.78, 5) is 29.1. The Bertz CT molecular complexity index is 1290. The van der Waals surface area contributed by atoms with Crippen molar-refractivity contribution < 1.29 is 9.59 Å². The Balaban J connectivity index is 1.36. The van der Waals surface area contributed by atoms with Crippen LogP contribution < -0.4 is 10.6 Å². The molecule has 4 rings (SSSR count). The van der Waals surface area contributed by atoms with Crippen molar-refractivity contribution in [2.45, 2.75) is 20.4 Å². The molecule has 2 amide bonds. The molecule has 0 spiro atoms. The van der Waals surface area contributed by atoms with Crippen molar-refractivity contribution in [2.24, 2.45) is 0 Å². The first kappa shape index (κ1) is 22.3. The molecule has 1 heterocycles. The van der Waals surface area contributed by atoms with Crippen LogP contribution in [-0.4, -0.2) is 21.4 Å². The van der Waals surface area contributed by atoms with Gasteiger partial charge < -0.3 is 15.2 Å². The largest absolute Gasteiger partial charge is 0.332 e. The molecule has 0 aliphatic heterocycles. The molecule has 4 aromatic rings. The van der Waals surface area contributed by atoms with Gasteiger partial charge in [-0.25, -0.2) is 4.98 Å². The van der Waals surface area contributed by atoms with Crippen LogP contribution in [0, 0.1) is 13.8 Å². The molecule has 0 fully saturated rings. The van der Waals surface area contributed by atoms with E-state index in [-0.39, 0.29) is 11.8 Å². The topological polar surface area (TPSA) is 76.0 Å². The van der Waals surface area contributed by atoms with Gasteiger partial charge in [-0.3, -0.25) is 9.59 Å². The molecule has 7 heteroatoms. The minimum Gasteiger partial charge on any atom is -0.332 e. The van der Waals surface area contributed by atoms with E-state index in [4.69, 9.17) is 11.6 Å². The highest BCUT2D eigenvalue weighted by molar-refractivity contribution is 6.30. The number of carbonyl (C=O) groups excluding carboxylic acids is 2. The van der Waals surface area contributed by atoms with Crippen LogP contribution in [0.2, 0.25) is 5.02 Å². The normalized spacial score (nSPS) is 10.6. The summed E-state index contributed by atoms with van der Waals surface area (Å²) in [5.41, 5.74) is 5.51. The number of benzene rings is 3. The molecule has 1 aromatic heterocycles. The first-order chi connectivity index (χ1) is 15.9. The van der Waals surface area contributed by atoms with Gasteiger partial charge in [-0.15, -0.1) is 0 Å². The minimum atomic E-state index is -0.249. The fourth-order valence-electron chi connectivity index (χ4n) is 3.41. The molecule has 0 aliphatic carbocycles. The first-order valence-electron chi connectivity index (χ1n) is 10.4. The summed E-state index contributed by atoms with van der Waals surface area (Å²) in [6, 6.07) is 20.1. The van der Waals surface area contributed by atoms with Crippen molar-refractivity contribution in [3.8, 4) is 0 Å². The third-order valence-electron chi connectivity index (χ3n) is 5.18. The number of imidazole rings is 1. The lowest BCUT2D eigenvalue weighted by atomic mass is 10.1. The zero-order chi connectivity index (χ0) is 23.4. The third kappa shape index (κ3) is 5.67. The number of hydrogen-bond acceptors (Lipinski definition) is 3. The molecular formula is C26H23ClN4O2. The summed E-state index contributed by atoms with van der Waals surface area (Å²) in [7, 11) is 0. The molecule has 0 atom stereocenters. The van der Waals surface area contributed by atoms with Gasteiger partial charge >= 0.3 is 0 Å². The van der Waals surface area contributed by atoms with Crippen molar-refractivity contribution >= 4 is 34.8 Å². The third-order valence-corrected chi connectivity index (χ3v) is 5.43. The molecule has 6 nitrogen and oxygen atoms in total. The van der Waals surface area contributed by atoms with Gasteiger partial charge in [0.05, 0.1) is 6.33 Å². The molecule has 166 valence electrons. The maximum atomic E-state index is 12.6. The lowest BCUT2D eigenvalue weighted by molar-refractivity contribution is 0.101. The lowest BCUT2D eigenvalue weighted by Gasteiger charge is -2.08. The molecule has 0 saturated heterocycles. The predicted molar refractivity (Wildman–Crippen MR) is 131 cm³/mol. The van der Waals surface area contributed by atoms with Crippen LogP contribution in [0.5, 0.6) is 0 Å². The second-order valence-electron chi connectivity index (χ2n) is 7.86. The summed E-state index contributed by atoms with van der Waals surface area (Å²) in [5, 5.41) is 6.36. The van der Waals surface area contributed by atoms with E-state index in [1.807, 2.05) is 60.9 Å². The monoisotopic (exact) mass is 458 g/mol. The second-order valence-corrected chi connectivity index (χ2v) is 8.30. The Morgan fingerprint density at radius 1 is 0.909 bits per heavy atom. The van der Waals surface area contributed by atoms with Gasteiger partial charge in [0.2, 0.25) is 0 Å². The number of anilines is 2. The Morgan fingerprint density at radius 2 is 1.64 bits per heavy atom. The number of rotatable bonds is 6. The smallest absolute Gasteiger partial charge is 0.275 e. The molecule has 0 unspecified atom stereocenters. The van der Waals surface area contributed by atoms with Crippen molar-refractivity contribution in [1.82, 2.24) is 9.55 Å². The van der Waals surface area contributed by atoms with E-state index in [9.17, 15) is 9.59 Å². The fraction of sp³-hybridized carbons (Fsp3) is 0.115. The van der Waals surface area contributed by atoms with E-state index in [1.165, 1.54) is 0 Å². The van der Waals surface area contributed by atoms with Crippen LogP contribution >= 0.6 is 11.6 Å². The number of halogens is 1. The van der Waals surface area contributed by atoms with Gasteiger partial charge in [0.1, 0.15) is 5.69 Å². The summed E-state index contributed by atoms with van der Waals surface area (Å²) >= 11 is 5.87. The summed E-state index contributed by atoms with van der Waals surface area (Å²) in [5.74, 6) is -0.450. The Morgan fingerprint density at radius 3 is 2.33 bits per heavy atom. The predicted octanol–water partition coefficient (Wildman–Crippen LogP) is 5.71. The lowest BCUT2D eigenvalue weighted by Crippen LogP contribution is -2.13. The van der Waals surface area contributed by atoms with Crippen molar-refractivity contribution in [1.29, 1.82) is 0 Å². The number of carbonyl (C=O) groups is 2. The molecule has 0 radical (unpaired) electrons. The molecular weight excluding hydrogens is 436 g/mol. The van der Waals surface area contributed by atoms with Gasteiger partial charge in [-0.2, -0.15) is 0 Å². The molecule has 2 N–H and O–H groups in total. The van der Waals surface area contributed by atoms with Gasteiger partial charge in [-0.05, 0) is 67.4 Å². The van der Waals surface area contributed by atoms with Crippen molar-refractivity contribution in [3.63, 3.8) is 0 Å². The quantitative estimate of drug-likeness (QED) is 0.388. The highest BCUT2D eigenvalue weighted by Gasteiger charge is 2.12. The molecule has 0 bridgehead atoms. The SMILES string of the molecule is Cc1ccc(NC(=O)c2cn(Cc3ccc(NC(=O)c4ccc(Cl)cc4)cc3)cn2)c(C)c1. The van der Waals surface area contributed by atoms with Crippen LogP contribution in [0.1, 0.15) is 37.5 Å². The average molecular weight is 459 g/mol. The number of aromatic nitrogens is 2. The number of amides is 2. The van der Waals surface area contributed by atoms with E-state index < -0.39 is 0 Å². The summed E-state index contributed by atoms with van der Waals surface area (Å²) in [6.07, 6.45) is 3.35. The maximum Gasteiger partial charge on any atom is 0.275 e. The van der Waals surface area contributed by atoms with Crippen LogP contribution in [0.25, 0.3) is 0 Å². The van der Waals surface area contributed by atoms with E-state index in [2.05, 4.69) is 15.6 Å². The van der Waals surface area contributed by atoms with Crippen LogP contribution in [0.3, 0.4) is 0 Å². The van der Waals surface area contributed by atoms with Gasteiger partial charge in [0.15, 0.2) is 0 Å². The molecule has 33 heavy (non-hydrogen) atoms. The standard InChI is InChI=1S/C26H23ClN4O2/c1-17-3-12-23(18(2)13-17)30-26(33)24-15-31(16-28-24)14-19-4-10-22(11-5-19)29-25(32)20-6-8-21(27)9-7-20/h3-13,15-16H,14H2,1-2H3,(H,29,32)(H,30,33). The van der Waals surface area contributed by atoms with Crippen LogP contribution in [0.15, 0.2) is 79.3 Å². The van der Waals surface area contributed by atoms with Gasteiger partial charge in [-0.1, -0.05) is 41.4 Å². The summed E-state index contributed by atoms with van der Waals surface area (Å²) < 4.78 is 1.85. The van der Waals surface area contributed by atoms with Gasteiger partial charge in [0, 0.05) is 34.7 Å².